The molecule has 0 bridgehead atoms. The van der Waals surface area contributed by atoms with Crippen LogP contribution in [0.5, 0.6) is 5.75 Å². The van der Waals surface area contributed by atoms with E-state index in [-0.39, 0.29) is 0 Å². The lowest BCUT2D eigenvalue weighted by Gasteiger charge is -2.11. The van der Waals surface area contributed by atoms with Gasteiger partial charge in [0.25, 0.3) is 0 Å². The standard InChI is InChI=1S/C14H19N3O/c1-11-3-4-14(12(9-11)10-15)18-8-6-13-5-7-16-17(13)2/h3-5,7,9H,6,8,10,15H2,1-2H3. The molecule has 0 unspecified atom stereocenters. The van der Waals surface area contributed by atoms with E-state index in [2.05, 4.69) is 18.1 Å². The Morgan fingerprint density at radius 1 is 1.33 bits per heavy atom. The molecule has 0 aliphatic rings. The third-order valence-corrected chi connectivity index (χ3v) is 2.97. The number of hydrogen-bond acceptors (Lipinski definition) is 3. The Labute approximate surface area is 107 Å². The van der Waals surface area contributed by atoms with Gasteiger partial charge in [0.05, 0.1) is 6.61 Å². The Morgan fingerprint density at radius 3 is 2.83 bits per heavy atom. The van der Waals surface area contributed by atoms with Crippen molar-refractivity contribution in [1.82, 2.24) is 9.78 Å². The molecule has 1 aromatic carbocycles. The summed E-state index contributed by atoms with van der Waals surface area (Å²) in [6.45, 7) is 3.19. The van der Waals surface area contributed by atoms with Gasteiger partial charge in [-0.15, -0.1) is 0 Å². The summed E-state index contributed by atoms with van der Waals surface area (Å²) in [6, 6.07) is 8.10. The molecule has 0 saturated carbocycles. The average Bonchev–Trinajstić information content (AvgIpc) is 2.77. The average molecular weight is 245 g/mol. The number of rotatable bonds is 5. The van der Waals surface area contributed by atoms with E-state index >= 15 is 0 Å². The van der Waals surface area contributed by atoms with Crippen molar-refractivity contribution in [1.29, 1.82) is 0 Å². The summed E-state index contributed by atoms with van der Waals surface area (Å²) in [4.78, 5) is 0. The van der Waals surface area contributed by atoms with Crippen LogP contribution in [-0.4, -0.2) is 16.4 Å². The van der Waals surface area contributed by atoms with Crippen molar-refractivity contribution >= 4 is 0 Å². The quantitative estimate of drug-likeness (QED) is 0.874. The van der Waals surface area contributed by atoms with Gasteiger partial charge in [0, 0.05) is 37.5 Å². The first-order valence-corrected chi connectivity index (χ1v) is 6.10. The summed E-state index contributed by atoms with van der Waals surface area (Å²) in [5.74, 6) is 0.880. The molecule has 2 N–H and O–H groups in total. The molecule has 1 heterocycles. The molecule has 0 atom stereocenters. The number of nitrogens with two attached hydrogens (primary N) is 1. The van der Waals surface area contributed by atoms with Crippen LogP contribution in [0.4, 0.5) is 0 Å². The lowest BCUT2D eigenvalue weighted by atomic mass is 10.1. The molecule has 2 aromatic rings. The van der Waals surface area contributed by atoms with Gasteiger partial charge >= 0.3 is 0 Å². The van der Waals surface area contributed by atoms with Crippen LogP contribution < -0.4 is 10.5 Å². The van der Waals surface area contributed by atoms with E-state index in [9.17, 15) is 0 Å². The molecule has 0 fully saturated rings. The second-order valence-corrected chi connectivity index (χ2v) is 4.36. The van der Waals surface area contributed by atoms with Crippen molar-refractivity contribution < 1.29 is 4.74 Å². The molecule has 96 valence electrons. The Morgan fingerprint density at radius 2 is 2.17 bits per heavy atom. The largest absolute Gasteiger partial charge is 0.493 e. The molecule has 0 spiro atoms. The molecule has 0 amide bonds. The molecule has 0 aliphatic heterocycles. The third kappa shape index (κ3) is 2.90. The van der Waals surface area contributed by atoms with Crippen molar-refractivity contribution in [3.8, 4) is 5.75 Å². The number of hydrogen-bond donors (Lipinski definition) is 1. The highest BCUT2D eigenvalue weighted by molar-refractivity contribution is 5.36. The summed E-state index contributed by atoms with van der Waals surface area (Å²) in [7, 11) is 1.94. The first-order valence-electron chi connectivity index (χ1n) is 6.10. The van der Waals surface area contributed by atoms with Gasteiger partial charge in [0.15, 0.2) is 0 Å². The number of aryl methyl sites for hydroxylation is 2. The van der Waals surface area contributed by atoms with Gasteiger partial charge in [0.2, 0.25) is 0 Å². The molecule has 18 heavy (non-hydrogen) atoms. The number of nitrogens with zero attached hydrogens (tertiary/aromatic N) is 2. The molecule has 4 nitrogen and oxygen atoms in total. The van der Waals surface area contributed by atoms with Crippen LogP contribution in [-0.2, 0) is 20.0 Å². The van der Waals surface area contributed by atoms with Crippen LogP contribution in [0.25, 0.3) is 0 Å². The highest BCUT2D eigenvalue weighted by Crippen LogP contribution is 2.19. The molecule has 0 aliphatic carbocycles. The Kier molecular flexibility index (Phi) is 3.99. The monoisotopic (exact) mass is 245 g/mol. The van der Waals surface area contributed by atoms with Gasteiger partial charge < -0.3 is 10.5 Å². The van der Waals surface area contributed by atoms with Crippen LogP contribution in [0.15, 0.2) is 30.5 Å². The Hall–Kier alpha value is -1.81. The van der Waals surface area contributed by atoms with Gasteiger partial charge in [-0.2, -0.15) is 5.10 Å². The fourth-order valence-corrected chi connectivity index (χ4v) is 1.92. The summed E-state index contributed by atoms with van der Waals surface area (Å²) < 4.78 is 7.65. The van der Waals surface area contributed by atoms with Crippen LogP contribution in [0.1, 0.15) is 16.8 Å². The van der Waals surface area contributed by atoms with Crippen molar-refractivity contribution in [2.75, 3.05) is 6.61 Å². The first kappa shape index (κ1) is 12.6. The first-order chi connectivity index (χ1) is 8.70. The minimum absolute atomic E-state index is 0.503. The molecular weight excluding hydrogens is 226 g/mol. The number of ether oxygens (including phenoxy) is 1. The number of aromatic nitrogens is 2. The minimum Gasteiger partial charge on any atom is -0.493 e. The highest BCUT2D eigenvalue weighted by Gasteiger charge is 2.04. The van der Waals surface area contributed by atoms with Crippen LogP contribution in [0.3, 0.4) is 0 Å². The summed E-state index contributed by atoms with van der Waals surface area (Å²) in [5, 5.41) is 4.13. The van der Waals surface area contributed by atoms with Crippen molar-refractivity contribution in [3.05, 3.63) is 47.3 Å². The maximum atomic E-state index is 5.79. The van der Waals surface area contributed by atoms with E-state index < -0.39 is 0 Å². The SMILES string of the molecule is Cc1ccc(OCCc2ccnn2C)c(CN)c1. The zero-order chi connectivity index (χ0) is 13.0. The minimum atomic E-state index is 0.503. The maximum absolute atomic E-state index is 5.79. The summed E-state index contributed by atoms with van der Waals surface area (Å²) in [6.07, 6.45) is 2.64. The van der Waals surface area contributed by atoms with E-state index in [4.69, 9.17) is 10.5 Å². The predicted molar refractivity (Wildman–Crippen MR) is 71.5 cm³/mol. The van der Waals surface area contributed by atoms with Crippen LogP contribution in [0, 0.1) is 6.92 Å². The van der Waals surface area contributed by atoms with E-state index in [1.807, 2.05) is 29.9 Å². The normalized spacial score (nSPS) is 10.6. The fraction of sp³-hybridized carbons (Fsp3) is 0.357. The zero-order valence-electron chi connectivity index (χ0n) is 10.9. The number of benzene rings is 1. The fourth-order valence-electron chi connectivity index (χ4n) is 1.92. The van der Waals surface area contributed by atoms with E-state index in [1.165, 1.54) is 5.56 Å². The van der Waals surface area contributed by atoms with Crippen molar-refractivity contribution in [2.45, 2.75) is 19.9 Å². The van der Waals surface area contributed by atoms with E-state index in [0.717, 1.165) is 23.4 Å². The Bertz CT molecular complexity index is 520. The van der Waals surface area contributed by atoms with Gasteiger partial charge in [-0.3, -0.25) is 4.68 Å². The molecule has 0 radical (unpaired) electrons. The second-order valence-electron chi connectivity index (χ2n) is 4.36. The molecular formula is C14H19N3O. The van der Waals surface area contributed by atoms with E-state index in [1.54, 1.807) is 6.20 Å². The molecule has 0 saturated heterocycles. The smallest absolute Gasteiger partial charge is 0.123 e. The maximum Gasteiger partial charge on any atom is 0.123 e. The van der Waals surface area contributed by atoms with Gasteiger partial charge in [-0.25, -0.2) is 0 Å². The van der Waals surface area contributed by atoms with Gasteiger partial charge in [-0.05, 0) is 19.1 Å². The van der Waals surface area contributed by atoms with Crippen LogP contribution >= 0.6 is 0 Å². The van der Waals surface area contributed by atoms with E-state index in [0.29, 0.717) is 13.2 Å². The molecule has 1 aromatic heterocycles. The van der Waals surface area contributed by atoms with Crippen molar-refractivity contribution in [2.24, 2.45) is 12.8 Å². The lowest BCUT2D eigenvalue weighted by molar-refractivity contribution is 0.315. The van der Waals surface area contributed by atoms with Crippen molar-refractivity contribution in [3.63, 3.8) is 0 Å². The molecule has 4 heteroatoms. The third-order valence-electron chi connectivity index (χ3n) is 2.97. The van der Waals surface area contributed by atoms with Crippen LogP contribution in [0.2, 0.25) is 0 Å². The Balaban J connectivity index is 1.96. The second kappa shape index (κ2) is 5.69. The topological polar surface area (TPSA) is 53.1 Å². The molecule has 2 rings (SSSR count). The predicted octanol–water partition coefficient (Wildman–Crippen LogP) is 1.81. The summed E-state index contributed by atoms with van der Waals surface area (Å²) >= 11 is 0. The van der Waals surface area contributed by atoms with Gasteiger partial charge in [-0.1, -0.05) is 17.7 Å². The zero-order valence-corrected chi connectivity index (χ0v) is 10.9. The lowest BCUT2D eigenvalue weighted by Crippen LogP contribution is -2.08. The summed E-state index contributed by atoms with van der Waals surface area (Å²) in [5.41, 5.74) is 9.14. The highest BCUT2D eigenvalue weighted by atomic mass is 16.5. The van der Waals surface area contributed by atoms with Gasteiger partial charge in [0.1, 0.15) is 5.75 Å².